The van der Waals surface area contributed by atoms with Crippen LogP contribution >= 0.6 is 0 Å². The van der Waals surface area contributed by atoms with Crippen molar-refractivity contribution >= 4 is 45.2 Å². The number of carboxylic acids is 2. The van der Waals surface area contributed by atoms with Crippen LogP contribution in [-0.2, 0) is 16.1 Å². The van der Waals surface area contributed by atoms with E-state index >= 15 is 0 Å². The van der Waals surface area contributed by atoms with E-state index in [1.54, 1.807) is 0 Å². The third kappa shape index (κ3) is 5.63. The molecule has 0 amide bonds. The molecule has 0 saturated heterocycles. The molecule has 4 rings (SSSR count). The molecule has 0 aliphatic carbocycles. The highest BCUT2D eigenvalue weighted by Gasteiger charge is 2.16. The van der Waals surface area contributed by atoms with Gasteiger partial charge < -0.3 is 14.8 Å². The molecule has 1 heterocycles. The molecule has 0 unspecified atom stereocenters. The second-order valence-corrected chi connectivity index (χ2v) is 8.17. The largest absolute Gasteiger partial charge is 0.481 e. The van der Waals surface area contributed by atoms with Crippen LogP contribution in [0.5, 0.6) is 0 Å². The quantitative estimate of drug-likeness (QED) is 0.291. The molecule has 180 valence electrons. The maximum atomic E-state index is 13.2. The van der Waals surface area contributed by atoms with Gasteiger partial charge in [-0.25, -0.2) is 0 Å². The highest BCUT2D eigenvalue weighted by molar-refractivity contribution is 6.16. The number of benzene rings is 3. The molecular formula is C28H28N2O5. The second-order valence-electron chi connectivity index (χ2n) is 8.17. The third-order valence-corrected chi connectivity index (χ3v) is 5.70. The van der Waals surface area contributed by atoms with E-state index in [0.717, 1.165) is 46.4 Å². The highest BCUT2D eigenvalue weighted by Crippen LogP contribution is 2.31. The summed E-state index contributed by atoms with van der Waals surface area (Å²) in [5.74, 6) is -1.78. The van der Waals surface area contributed by atoms with Gasteiger partial charge in [0, 0.05) is 52.1 Å². The molecule has 0 atom stereocenters. The van der Waals surface area contributed by atoms with Crippen molar-refractivity contribution in [2.24, 2.45) is 4.99 Å². The summed E-state index contributed by atoms with van der Waals surface area (Å²) in [6.07, 6.45) is 0. The number of aromatic nitrogens is 1. The first-order valence-electron chi connectivity index (χ1n) is 11.2. The average Bonchev–Trinajstić information content (AvgIpc) is 3.14. The van der Waals surface area contributed by atoms with E-state index < -0.39 is 11.9 Å². The van der Waals surface area contributed by atoms with E-state index in [1.165, 1.54) is 0 Å². The van der Waals surface area contributed by atoms with Gasteiger partial charge in [-0.2, -0.15) is 0 Å². The molecule has 0 fully saturated rings. The number of aryl methyl sites for hydroxylation is 2. The summed E-state index contributed by atoms with van der Waals surface area (Å²) in [5, 5.41) is 18.4. The Morgan fingerprint density at radius 2 is 1.40 bits per heavy atom. The molecular weight excluding hydrogens is 444 g/mol. The van der Waals surface area contributed by atoms with Gasteiger partial charge in [-0.05, 0) is 62.2 Å². The van der Waals surface area contributed by atoms with Crippen molar-refractivity contribution in [3.63, 3.8) is 0 Å². The van der Waals surface area contributed by atoms with Crippen LogP contribution in [0, 0.1) is 6.92 Å². The fourth-order valence-electron chi connectivity index (χ4n) is 4.07. The van der Waals surface area contributed by atoms with Crippen molar-refractivity contribution < 1.29 is 24.6 Å². The van der Waals surface area contributed by atoms with E-state index in [9.17, 15) is 9.59 Å². The van der Waals surface area contributed by atoms with Crippen LogP contribution in [-0.4, -0.2) is 44.8 Å². The van der Waals surface area contributed by atoms with Crippen LogP contribution in [0.25, 0.3) is 21.8 Å². The Morgan fingerprint density at radius 3 is 1.94 bits per heavy atom. The Bertz CT molecular complexity index is 1460. The van der Waals surface area contributed by atoms with Gasteiger partial charge >= 0.3 is 5.97 Å². The Hall–Kier alpha value is -4.26. The predicted molar refractivity (Wildman–Crippen MR) is 138 cm³/mol. The van der Waals surface area contributed by atoms with Crippen molar-refractivity contribution in [3.8, 4) is 0 Å². The molecule has 7 heteroatoms. The van der Waals surface area contributed by atoms with E-state index in [-0.39, 0.29) is 12.3 Å². The molecule has 4 aromatic rings. The van der Waals surface area contributed by atoms with Gasteiger partial charge in [-0.1, -0.05) is 30.3 Å². The van der Waals surface area contributed by atoms with Gasteiger partial charge in [0.05, 0.1) is 0 Å². The zero-order chi connectivity index (χ0) is 25.7. The third-order valence-electron chi connectivity index (χ3n) is 5.70. The number of aliphatic imine (C=N–C) groups is 1. The Labute approximate surface area is 203 Å². The molecule has 0 bridgehead atoms. The lowest BCUT2D eigenvalue weighted by Crippen LogP contribution is -2.04. The van der Waals surface area contributed by atoms with Crippen molar-refractivity contribution in [2.75, 3.05) is 6.54 Å². The fourth-order valence-corrected chi connectivity index (χ4v) is 4.07. The number of carbonyl (C=O) groups is 3. The number of nitrogens with zero attached hydrogens (tertiary/aromatic N) is 2. The van der Waals surface area contributed by atoms with Crippen LogP contribution in [0.15, 0.2) is 65.7 Å². The minimum absolute atomic E-state index is 0.00718. The van der Waals surface area contributed by atoms with Gasteiger partial charge in [0.25, 0.3) is 5.97 Å². The summed E-state index contributed by atoms with van der Waals surface area (Å²) in [6, 6.07) is 19.5. The summed E-state index contributed by atoms with van der Waals surface area (Å²) in [5.41, 5.74) is 6.01. The molecule has 0 radical (unpaired) electrons. The Kier molecular flexibility index (Phi) is 7.81. The molecule has 1 aromatic heterocycles. The average molecular weight is 473 g/mol. The maximum absolute atomic E-state index is 13.2. The van der Waals surface area contributed by atoms with Crippen LogP contribution in [0.4, 0.5) is 0 Å². The molecule has 0 aliphatic heterocycles. The van der Waals surface area contributed by atoms with Crippen LogP contribution < -0.4 is 0 Å². The van der Waals surface area contributed by atoms with E-state index in [2.05, 4.69) is 16.5 Å². The zero-order valence-electron chi connectivity index (χ0n) is 20.2. The summed E-state index contributed by atoms with van der Waals surface area (Å²) in [7, 11) is 0. The Morgan fingerprint density at radius 1 is 0.857 bits per heavy atom. The summed E-state index contributed by atoms with van der Waals surface area (Å²) >= 11 is 0. The van der Waals surface area contributed by atoms with Crippen LogP contribution in [0.3, 0.4) is 0 Å². The van der Waals surface area contributed by atoms with Crippen molar-refractivity contribution in [3.05, 3.63) is 82.9 Å². The SMILES string of the molecule is CC(=O)O.CCn1c2ccc(C(=O)c3ccccc3C)cc2c2cc(C(C)=NCC(=O)O)ccc21. The number of carboxylic acid groups (broad SMARTS) is 2. The standard InChI is InChI=1S/C26H24N2O3.C2H4O2/c1-4-28-23-11-9-18(17(3)27-15-25(29)30)13-21(23)22-14-19(10-12-24(22)28)26(31)20-8-6-5-7-16(20)2;1-2(3)4/h5-14H,4,15H2,1-3H3,(H,29,30);1H3,(H,3,4). The highest BCUT2D eigenvalue weighted by atomic mass is 16.4. The molecule has 2 N–H and O–H groups in total. The Balaban J connectivity index is 0.000000795. The van der Waals surface area contributed by atoms with Crippen LogP contribution in [0.2, 0.25) is 0 Å². The summed E-state index contributed by atoms with van der Waals surface area (Å²) in [6.45, 7) is 7.49. The van der Waals surface area contributed by atoms with Gasteiger partial charge in [0.1, 0.15) is 6.54 Å². The molecule has 0 spiro atoms. The smallest absolute Gasteiger partial charge is 0.325 e. The number of ketones is 1. The number of aliphatic carboxylic acids is 2. The normalized spacial score (nSPS) is 11.3. The first-order chi connectivity index (χ1) is 16.6. The van der Waals surface area contributed by atoms with Gasteiger partial charge in [0.15, 0.2) is 5.78 Å². The number of hydrogen-bond donors (Lipinski definition) is 2. The second kappa shape index (κ2) is 10.8. The fraction of sp³-hybridized carbons (Fsp3) is 0.214. The van der Waals surface area contributed by atoms with Crippen molar-refractivity contribution in [1.82, 2.24) is 4.57 Å². The number of hydrogen-bond acceptors (Lipinski definition) is 4. The topological polar surface area (TPSA) is 109 Å². The van der Waals surface area contributed by atoms with Crippen molar-refractivity contribution in [2.45, 2.75) is 34.2 Å². The van der Waals surface area contributed by atoms with Gasteiger partial charge in [-0.15, -0.1) is 0 Å². The molecule has 35 heavy (non-hydrogen) atoms. The van der Waals surface area contributed by atoms with E-state index in [0.29, 0.717) is 16.8 Å². The number of rotatable bonds is 6. The monoisotopic (exact) mass is 472 g/mol. The lowest BCUT2D eigenvalue weighted by Gasteiger charge is -2.06. The lowest BCUT2D eigenvalue weighted by molar-refractivity contribution is -0.135. The lowest BCUT2D eigenvalue weighted by atomic mass is 9.97. The van der Waals surface area contributed by atoms with Gasteiger partial charge in [-0.3, -0.25) is 19.4 Å². The molecule has 7 nitrogen and oxygen atoms in total. The molecule has 3 aromatic carbocycles. The number of carbonyl (C=O) groups excluding carboxylic acids is 1. The van der Waals surface area contributed by atoms with Gasteiger partial charge in [0.2, 0.25) is 0 Å². The van der Waals surface area contributed by atoms with E-state index in [1.807, 2.05) is 74.5 Å². The predicted octanol–water partition coefficient (Wildman–Crippen LogP) is 5.34. The van der Waals surface area contributed by atoms with E-state index in [4.69, 9.17) is 15.0 Å². The van der Waals surface area contributed by atoms with Crippen molar-refractivity contribution in [1.29, 1.82) is 0 Å². The maximum Gasteiger partial charge on any atom is 0.325 e. The van der Waals surface area contributed by atoms with Crippen LogP contribution in [0.1, 0.15) is 47.8 Å². The number of fused-ring (bicyclic) bond motifs is 3. The minimum atomic E-state index is -0.956. The first-order valence-corrected chi connectivity index (χ1v) is 11.2. The summed E-state index contributed by atoms with van der Waals surface area (Å²) in [4.78, 5) is 37.2. The molecule has 0 aliphatic rings. The molecule has 0 saturated carbocycles. The summed E-state index contributed by atoms with van der Waals surface area (Å²) < 4.78 is 2.22. The first kappa shape index (κ1) is 25.4. The zero-order valence-corrected chi connectivity index (χ0v) is 20.2. The minimum Gasteiger partial charge on any atom is -0.481 e.